The van der Waals surface area contributed by atoms with Crippen LogP contribution in [0.2, 0.25) is 0 Å². The minimum Gasteiger partial charge on any atom is -0.478 e. The molecule has 0 saturated heterocycles. The Morgan fingerprint density at radius 2 is 2.09 bits per heavy atom. The van der Waals surface area contributed by atoms with E-state index < -0.39 is 5.97 Å². The van der Waals surface area contributed by atoms with Crippen LogP contribution in [0.3, 0.4) is 0 Å². The first-order valence-corrected chi connectivity index (χ1v) is 6.58. The molecule has 0 bridgehead atoms. The Morgan fingerprint density at radius 1 is 1.23 bits per heavy atom. The number of nitrogens with zero attached hydrogens (tertiary/aromatic N) is 3. The maximum atomic E-state index is 11.5. The van der Waals surface area contributed by atoms with Crippen molar-refractivity contribution in [1.29, 1.82) is 0 Å². The number of aromatic carboxylic acids is 1. The van der Waals surface area contributed by atoms with E-state index in [9.17, 15) is 9.90 Å². The summed E-state index contributed by atoms with van der Waals surface area (Å²) in [7, 11) is 0. The second-order valence-electron chi connectivity index (χ2n) is 4.96. The van der Waals surface area contributed by atoms with Gasteiger partial charge in [0, 0.05) is 23.3 Å². The molecule has 0 aliphatic rings. The van der Waals surface area contributed by atoms with Gasteiger partial charge < -0.3 is 15.8 Å². The fourth-order valence-electron chi connectivity index (χ4n) is 2.59. The first-order valence-electron chi connectivity index (χ1n) is 6.58. The monoisotopic (exact) mass is 293 g/mol. The summed E-state index contributed by atoms with van der Waals surface area (Å²) in [6.45, 7) is 0. The predicted molar refractivity (Wildman–Crippen MR) is 81.7 cm³/mol. The van der Waals surface area contributed by atoms with E-state index in [0.717, 1.165) is 16.6 Å². The topological polar surface area (TPSA) is 109 Å². The van der Waals surface area contributed by atoms with Crippen LogP contribution in [0.1, 0.15) is 10.4 Å². The van der Waals surface area contributed by atoms with Gasteiger partial charge in [-0.1, -0.05) is 0 Å². The number of rotatable bonds is 2. The van der Waals surface area contributed by atoms with Crippen LogP contribution in [0.5, 0.6) is 0 Å². The van der Waals surface area contributed by atoms with E-state index in [1.807, 2.05) is 18.2 Å². The van der Waals surface area contributed by atoms with Crippen LogP contribution in [-0.2, 0) is 0 Å². The van der Waals surface area contributed by atoms with Gasteiger partial charge >= 0.3 is 5.97 Å². The molecule has 0 saturated carbocycles. The van der Waals surface area contributed by atoms with Gasteiger partial charge in [-0.15, -0.1) is 5.10 Å². The highest BCUT2D eigenvalue weighted by Crippen LogP contribution is 2.28. The molecule has 0 aliphatic heterocycles. The number of nitrogens with two attached hydrogens (primary N) is 1. The number of aromatic amines is 1. The number of carbonyl (C=O) groups is 1. The second-order valence-corrected chi connectivity index (χ2v) is 4.96. The number of hydrogen-bond donors (Lipinski definition) is 3. The molecule has 7 nitrogen and oxygen atoms in total. The molecule has 0 spiro atoms. The Kier molecular flexibility index (Phi) is 2.43. The van der Waals surface area contributed by atoms with Crippen molar-refractivity contribution in [2.75, 3.05) is 5.73 Å². The molecular weight excluding hydrogens is 282 g/mol. The molecule has 4 rings (SSSR count). The fourth-order valence-corrected chi connectivity index (χ4v) is 2.59. The summed E-state index contributed by atoms with van der Waals surface area (Å²) in [6, 6.07) is 8.98. The normalized spacial score (nSPS) is 11.3. The highest BCUT2D eigenvalue weighted by molar-refractivity contribution is 6.04. The van der Waals surface area contributed by atoms with Gasteiger partial charge in [-0.2, -0.15) is 4.98 Å². The molecule has 3 heterocycles. The van der Waals surface area contributed by atoms with E-state index in [1.54, 1.807) is 29.0 Å². The number of H-pyrrole nitrogens is 1. The number of anilines is 1. The lowest BCUT2D eigenvalue weighted by molar-refractivity contribution is 0.0699. The minimum atomic E-state index is -0.959. The average molecular weight is 293 g/mol. The number of hydrogen-bond acceptors (Lipinski definition) is 4. The summed E-state index contributed by atoms with van der Waals surface area (Å²) in [5.74, 6) is -0.762. The van der Waals surface area contributed by atoms with Crippen LogP contribution in [0.4, 0.5) is 5.95 Å². The van der Waals surface area contributed by atoms with E-state index in [-0.39, 0.29) is 11.5 Å². The molecule has 0 atom stereocenters. The minimum absolute atomic E-state index is 0.197. The lowest BCUT2D eigenvalue weighted by atomic mass is 10.0. The summed E-state index contributed by atoms with van der Waals surface area (Å²) in [4.78, 5) is 18.6. The summed E-state index contributed by atoms with van der Waals surface area (Å²) in [5, 5.41) is 14.1. The van der Waals surface area contributed by atoms with Crippen molar-refractivity contribution in [1.82, 2.24) is 19.6 Å². The number of carboxylic acid groups (broad SMARTS) is 1. The highest BCUT2D eigenvalue weighted by atomic mass is 16.4. The second kappa shape index (κ2) is 4.32. The smallest absolute Gasteiger partial charge is 0.336 e. The Labute approximate surface area is 124 Å². The maximum absolute atomic E-state index is 11.5. The molecule has 0 fully saturated rings. The molecule has 7 heteroatoms. The van der Waals surface area contributed by atoms with Crippen molar-refractivity contribution in [3.63, 3.8) is 0 Å². The lowest BCUT2D eigenvalue weighted by Crippen LogP contribution is -1.97. The molecule has 4 aromatic rings. The number of aromatic nitrogens is 4. The van der Waals surface area contributed by atoms with Crippen LogP contribution in [0.15, 0.2) is 42.7 Å². The van der Waals surface area contributed by atoms with E-state index in [1.165, 1.54) is 0 Å². The number of benzene rings is 1. The van der Waals surface area contributed by atoms with Gasteiger partial charge in [0.15, 0.2) is 5.65 Å². The summed E-state index contributed by atoms with van der Waals surface area (Å²) in [5.41, 5.74) is 8.85. The quantitative estimate of drug-likeness (QED) is 0.524. The van der Waals surface area contributed by atoms with Crippen molar-refractivity contribution < 1.29 is 9.90 Å². The third-order valence-electron chi connectivity index (χ3n) is 3.59. The molecule has 3 aromatic heterocycles. The van der Waals surface area contributed by atoms with Gasteiger partial charge in [0.05, 0.1) is 5.56 Å². The fraction of sp³-hybridized carbons (Fsp3) is 0. The Bertz CT molecular complexity index is 1030. The standard InChI is InChI=1S/C15H11N5O2/c16-15-18-13-7-8(2-4-20(13)19-15)9-5-11(14(21)22)10-1-3-17-12(10)6-9/h1-7,17H,(H2,16,19)(H,21,22). The molecule has 108 valence electrons. The Hall–Kier alpha value is -3.35. The van der Waals surface area contributed by atoms with Crippen LogP contribution < -0.4 is 5.73 Å². The number of fused-ring (bicyclic) bond motifs is 2. The molecule has 0 radical (unpaired) electrons. The van der Waals surface area contributed by atoms with Crippen molar-refractivity contribution in [3.05, 3.63) is 48.3 Å². The predicted octanol–water partition coefficient (Wildman–Crippen LogP) is 2.16. The summed E-state index contributed by atoms with van der Waals surface area (Å²) < 4.78 is 1.57. The van der Waals surface area contributed by atoms with Crippen LogP contribution in [-0.4, -0.2) is 30.7 Å². The summed E-state index contributed by atoms with van der Waals surface area (Å²) >= 11 is 0. The van der Waals surface area contributed by atoms with E-state index >= 15 is 0 Å². The zero-order chi connectivity index (χ0) is 15.3. The Morgan fingerprint density at radius 3 is 2.91 bits per heavy atom. The van der Waals surface area contributed by atoms with E-state index in [4.69, 9.17) is 5.73 Å². The van der Waals surface area contributed by atoms with Crippen molar-refractivity contribution in [2.24, 2.45) is 0 Å². The lowest BCUT2D eigenvalue weighted by Gasteiger charge is -2.05. The maximum Gasteiger partial charge on any atom is 0.336 e. The summed E-state index contributed by atoms with van der Waals surface area (Å²) in [6.07, 6.45) is 3.47. The Balaban J connectivity index is 1.96. The van der Waals surface area contributed by atoms with E-state index in [0.29, 0.717) is 11.0 Å². The zero-order valence-corrected chi connectivity index (χ0v) is 11.3. The number of nitrogens with one attached hydrogen (secondary N) is 1. The highest BCUT2D eigenvalue weighted by Gasteiger charge is 2.13. The molecule has 1 aromatic carbocycles. The van der Waals surface area contributed by atoms with Crippen LogP contribution in [0.25, 0.3) is 27.7 Å². The molecular formula is C15H11N5O2. The first-order chi connectivity index (χ1) is 10.6. The number of pyridine rings is 1. The van der Waals surface area contributed by atoms with Crippen LogP contribution >= 0.6 is 0 Å². The van der Waals surface area contributed by atoms with Gasteiger partial charge in [-0.05, 0) is 41.5 Å². The molecule has 22 heavy (non-hydrogen) atoms. The van der Waals surface area contributed by atoms with Gasteiger partial charge in [0.2, 0.25) is 5.95 Å². The van der Waals surface area contributed by atoms with Gasteiger partial charge in [-0.3, -0.25) is 0 Å². The zero-order valence-electron chi connectivity index (χ0n) is 11.3. The van der Waals surface area contributed by atoms with Gasteiger partial charge in [0.1, 0.15) is 0 Å². The molecule has 0 aliphatic carbocycles. The first kappa shape index (κ1) is 12.4. The van der Waals surface area contributed by atoms with Crippen LogP contribution in [0, 0.1) is 0 Å². The molecule has 4 N–H and O–H groups in total. The van der Waals surface area contributed by atoms with Gasteiger partial charge in [-0.25, -0.2) is 9.31 Å². The van der Waals surface area contributed by atoms with Crippen molar-refractivity contribution in [3.8, 4) is 11.1 Å². The SMILES string of the molecule is Nc1nc2cc(-c3cc(C(=O)O)c4cc[nH]c4c3)ccn2n1. The van der Waals surface area contributed by atoms with E-state index in [2.05, 4.69) is 15.1 Å². The number of nitrogen functional groups attached to an aromatic ring is 1. The largest absolute Gasteiger partial charge is 0.478 e. The van der Waals surface area contributed by atoms with Gasteiger partial charge in [0.25, 0.3) is 0 Å². The average Bonchev–Trinajstić information content (AvgIpc) is 3.09. The van der Waals surface area contributed by atoms with Crippen molar-refractivity contribution in [2.45, 2.75) is 0 Å². The number of carboxylic acids is 1. The third kappa shape index (κ3) is 1.80. The molecule has 0 amide bonds. The molecule has 0 unspecified atom stereocenters. The third-order valence-corrected chi connectivity index (χ3v) is 3.59. The van der Waals surface area contributed by atoms with Crippen molar-refractivity contribution >= 4 is 28.5 Å².